The molecule has 2 heterocycles. The van der Waals surface area contributed by atoms with Crippen molar-refractivity contribution in [1.82, 2.24) is 4.90 Å². The van der Waals surface area contributed by atoms with E-state index >= 15 is 0 Å². The van der Waals surface area contributed by atoms with E-state index < -0.39 is 5.97 Å². The van der Waals surface area contributed by atoms with Crippen LogP contribution in [0.5, 0.6) is 0 Å². The number of benzene rings is 1. The van der Waals surface area contributed by atoms with Crippen LogP contribution in [0.15, 0.2) is 39.7 Å². The third-order valence-corrected chi connectivity index (χ3v) is 5.41. The number of furan rings is 1. The van der Waals surface area contributed by atoms with Gasteiger partial charge in [0.25, 0.3) is 5.91 Å². The molecule has 0 spiro atoms. The molecule has 134 valence electrons. The van der Waals surface area contributed by atoms with Gasteiger partial charge in [-0.1, -0.05) is 42.5 Å². The van der Waals surface area contributed by atoms with Gasteiger partial charge in [0.15, 0.2) is 0 Å². The minimum absolute atomic E-state index is 0.114. The molecule has 1 aromatic heterocycles. The zero-order valence-electron chi connectivity index (χ0n) is 13.7. The molecule has 1 saturated heterocycles. The number of hydrogen-bond acceptors (Lipinski definition) is 5. The molecule has 0 bridgehead atoms. The maximum Gasteiger partial charge on any atom is 0.335 e. The zero-order valence-corrected chi connectivity index (χ0v) is 16.1. The van der Waals surface area contributed by atoms with Crippen LogP contribution in [0.3, 0.4) is 0 Å². The molecule has 1 aliphatic rings. The van der Waals surface area contributed by atoms with E-state index in [9.17, 15) is 9.59 Å². The Morgan fingerprint density at radius 1 is 1.38 bits per heavy atom. The first-order chi connectivity index (χ1) is 12.4. The highest BCUT2D eigenvalue weighted by molar-refractivity contribution is 8.26. The summed E-state index contributed by atoms with van der Waals surface area (Å²) in [6.45, 7) is 2.57. The number of halogens is 1. The normalized spacial score (nSPS) is 15.9. The Labute approximate surface area is 164 Å². The first kappa shape index (κ1) is 18.7. The summed E-state index contributed by atoms with van der Waals surface area (Å²) in [5, 5.41) is 9.50. The topological polar surface area (TPSA) is 70.8 Å². The van der Waals surface area contributed by atoms with E-state index in [1.165, 1.54) is 30.0 Å². The molecule has 1 N–H and O–H groups in total. The van der Waals surface area contributed by atoms with Gasteiger partial charge in [0.2, 0.25) is 0 Å². The van der Waals surface area contributed by atoms with Gasteiger partial charge in [-0.05, 0) is 36.8 Å². The molecule has 0 saturated carbocycles. The van der Waals surface area contributed by atoms with Gasteiger partial charge >= 0.3 is 5.97 Å². The van der Waals surface area contributed by atoms with Gasteiger partial charge < -0.3 is 9.52 Å². The van der Waals surface area contributed by atoms with Gasteiger partial charge in [-0.3, -0.25) is 9.69 Å². The number of carboxylic acids is 1. The van der Waals surface area contributed by atoms with Crippen LogP contribution in [0, 0.1) is 0 Å². The Morgan fingerprint density at radius 3 is 2.85 bits per heavy atom. The number of thioether (sulfide) groups is 1. The molecule has 1 aliphatic heterocycles. The molecule has 26 heavy (non-hydrogen) atoms. The molecule has 1 aromatic carbocycles. The standard InChI is InChI=1S/C18H14ClNO4S2/c1-2-7-20-16(21)15(26-18(20)25)9-11-4-6-14(24-11)12-8-10(17(22)23)3-5-13(12)19/h3-6,8-9H,2,7H2,1H3,(H,22,23)/b15-9+. The summed E-state index contributed by atoms with van der Waals surface area (Å²) in [4.78, 5) is 25.6. The minimum atomic E-state index is -1.05. The molecular weight excluding hydrogens is 394 g/mol. The fourth-order valence-corrected chi connectivity index (χ4v) is 3.97. The number of hydrogen-bond donors (Lipinski definition) is 1. The zero-order chi connectivity index (χ0) is 18.8. The van der Waals surface area contributed by atoms with Gasteiger partial charge in [-0.2, -0.15) is 0 Å². The predicted molar refractivity (Wildman–Crippen MR) is 106 cm³/mol. The lowest BCUT2D eigenvalue weighted by Crippen LogP contribution is -2.28. The Morgan fingerprint density at radius 2 is 2.15 bits per heavy atom. The molecule has 3 rings (SSSR count). The van der Waals surface area contributed by atoms with E-state index in [2.05, 4.69) is 0 Å². The van der Waals surface area contributed by atoms with Crippen LogP contribution in [0.1, 0.15) is 29.5 Å². The van der Waals surface area contributed by atoms with Crippen molar-refractivity contribution >= 4 is 57.9 Å². The Balaban J connectivity index is 1.90. The molecular formula is C18H14ClNO4S2. The van der Waals surface area contributed by atoms with Crippen molar-refractivity contribution in [1.29, 1.82) is 0 Å². The van der Waals surface area contributed by atoms with E-state index in [1.54, 1.807) is 23.1 Å². The van der Waals surface area contributed by atoms with Crippen LogP contribution in [0.4, 0.5) is 0 Å². The summed E-state index contributed by atoms with van der Waals surface area (Å²) in [6.07, 6.45) is 2.45. The maximum absolute atomic E-state index is 12.4. The Kier molecular flexibility index (Phi) is 5.50. The summed E-state index contributed by atoms with van der Waals surface area (Å²) in [7, 11) is 0. The third-order valence-electron chi connectivity index (χ3n) is 3.70. The van der Waals surface area contributed by atoms with Gasteiger partial charge in [-0.25, -0.2) is 4.79 Å². The van der Waals surface area contributed by atoms with Crippen molar-refractivity contribution in [2.24, 2.45) is 0 Å². The monoisotopic (exact) mass is 407 g/mol. The second-order valence-corrected chi connectivity index (χ2v) is 7.62. The Bertz CT molecular complexity index is 935. The van der Waals surface area contributed by atoms with Crippen LogP contribution in [-0.2, 0) is 4.79 Å². The van der Waals surface area contributed by atoms with E-state index in [-0.39, 0.29) is 11.5 Å². The van der Waals surface area contributed by atoms with Gasteiger partial charge in [-0.15, -0.1) is 0 Å². The molecule has 1 fully saturated rings. The maximum atomic E-state index is 12.4. The second-order valence-electron chi connectivity index (χ2n) is 5.54. The lowest BCUT2D eigenvalue weighted by molar-refractivity contribution is -0.122. The minimum Gasteiger partial charge on any atom is -0.478 e. The van der Waals surface area contributed by atoms with Gasteiger partial charge in [0.05, 0.1) is 15.5 Å². The fraction of sp³-hybridized carbons (Fsp3) is 0.167. The molecule has 2 aromatic rings. The van der Waals surface area contributed by atoms with Crippen LogP contribution < -0.4 is 0 Å². The lowest BCUT2D eigenvalue weighted by Gasteiger charge is -2.11. The van der Waals surface area contributed by atoms with Crippen LogP contribution in [0.25, 0.3) is 17.4 Å². The second kappa shape index (κ2) is 7.65. The van der Waals surface area contributed by atoms with Crippen LogP contribution >= 0.6 is 35.6 Å². The Hall–Kier alpha value is -2.09. The molecule has 0 radical (unpaired) electrons. The van der Waals surface area contributed by atoms with E-state index in [1.807, 2.05) is 6.92 Å². The first-order valence-electron chi connectivity index (χ1n) is 7.79. The molecule has 5 nitrogen and oxygen atoms in total. The molecule has 8 heteroatoms. The number of thiocarbonyl (C=S) groups is 1. The summed E-state index contributed by atoms with van der Waals surface area (Å²) >= 11 is 12.6. The van der Waals surface area contributed by atoms with Crippen molar-refractivity contribution in [2.75, 3.05) is 6.54 Å². The van der Waals surface area contributed by atoms with Crippen molar-refractivity contribution in [3.05, 3.63) is 51.6 Å². The summed E-state index contributed by atoms with van der Waals surface area (Å²) in [5.41, 5.74) is 0.590. The van der Waals surface area contributed by atoms with Crippen molar-refractivity contribution in [2.45, 2.75) is 13.3 Å². The highest BCUT2D eigenvalue weighted by Gasteiger charge is 2.31. The van der Waals surface area contributed by atoms with Crippen molar-refractivity contribution in [3.63, 3.8) is 0 Å². The highest BCUT2D eigenvalue weighted by Crippen LogP contribution is 2.35. The number of nitrogens with zero attached hydrogens (tertiary/aromatic N) is 1. The number of rotatable bonds is 5. The van der Waals surface area contributed by atoms with Crippen LogP contribution in [-0.4, -0.2) is 32.7 Å². The summed E-state index contributed by atoms with van der Waals surface area (Å²) in [6, 6.07) is 7.78. The largest absolute Gasteiger partial charge is 0.478 e. The summed E-state index contributed by atoms with van der Waals surface area (Å²) < 4.78 is 6.28. The SMILES string of the molecule is CCCN1C(=O)/C(=C\c2ccc(-c3cc(C(=O)O)ccc3Cl)o2)SC1=S. The molecule has 1 amide bonds. The van der Waals surface area contributed by atoms with Gasteiger partial charge in [0.1, 0.15) is 15.8 Å². The number of amides is 1. The lowest BCUT2D eigenvalue weighted by atomic mass is 10.1. The highest BCUT2D eigenvalue weighted by atomic mass is 35.5. The van der Waals surface area contributed by atoms with Crippen LogP contribution in [0.2, 0.25) is 5.02 Å². The number of carbonyl (C=O) groups excluding carboxylic acids is 1. The average Bonchev–Trinajstić information content (AvgIpc) is 3.16. The van der Waals surface area contributed by atoms with E-state index in [0.29, 0.717) is 37.9 Å². The molecule has 0 aliphatic carbocycles. The molecule has 0 atom stereocenters. The third kappa shape index (κ3) is 3.70. The van der Waals surface area contributed by atoms with Crippen molar-refractivity contribution in [3.8, 4) is 11.3 Å². The van der Waals surface area contributed by atoms with E-state index in [4.69, 9.17) is 33.3 Å². The smallest absolute Gasteiger partial charge is 0.335 e. The number of carbonyl (C=O) groups is 2. The van der Waals surface area contributed by atoms with Gasteiger partial charge in [0, 0.05) is 18.2 Å². The predicted octanol–water partition coefficient (Wildman–Crippen LogP) is 4.91. The quantitative estimate of drug-likeness (QED) is 0.561. The first-order valence-corrected chi connectivity index (χ1v) is 9.39. The number of aromatic carboxylic acids is 1. The average molecular weight is 408 g/mol. The molecule has 0 unspecified atom stereocenters. The fourth-order valence-electron chi connectivity index (χ4n) is 2.47. The summed E-state index contributed by atoms with van der Waals surface area (Å²) in [5.74, 6) is -0.290. The van der Waals surface area contributed by atoms with E-state index in [0.717, 1.165) is 6.42 Å². The number of carboxylic acid groups (broad SMARTS) is 1. The van der Waals surface area contributed by atoms with Crippen molar-refractivity contribution < 1.29 is 19.1 Å².